The minimum Gasteiger partial charge on any atom is -0.352 e. The fourth-order valence-electron chi connectivity index (χ4n) is 3.98. The van der Waals surface area contributed by atoms with E-state index in [1.807, 2.05) is 81.4 Å². The van der Waals surface area contributed by atoms with Crippen LogP contribution < -0.4 is 5.32 Å². The van der Waals surface area contributed by atoms with Gasteiger partial charge in [-0.3, -0.25) is 9.59 Å². The number of nitrogens with one attached hydrogen (secondary N) is 1. The summed E-state index contributed by atoms with van der Waals surface area (Å²) in [7, 11) is 0. The van der Waals surface area contributed by atoms with Gasteiger partial charge in [0, 0.05) is 25.4 Å². The molecule has 0 aliphatic rings. The third kappa shape index (κ3) is 8.11. The number of hydrogen-bond acceptors (Lipinski definition) is 2. The molecule has 0 unspecified atom stereocenters. The van der Waals surface area contributed by atoms with E-state index in [0.29, 0.717) is 29.3 Å². The van der Waals surface area contributed by atoms with Crippen molar-refractivity contribution < 1.29 is 9.59 Å². The van der Waals surface area contributed by atoms with E-state index in [4.69, 9.17) is 23.2 Å². The summed E-state index contributed by atoms with van der Waals surface area (Å²) in [6, 6.07) is 22.7. The molecule has 0 bridgehead atoms. The van der Waals surface area contributed by atoms with E-state index in [9.17, 15) is 9.59 Å². The maximum Gasteiger partial charge on any atom is 0.243 e. The van der Waals surface area contributed by atoms with Crippen LogP contribution in [0.3, 0.4) is 0 Å². The van der Waals surface area contributed by atoms with Gasteiger partial charge in [0.05, 0.1) is 10.0 Å². The van der Waals surface area contributed by atoms with Gasteiger partial charge in [0.25, 0.3) is 0 Å². The molecule has 0 radical (unpaired) electrons. The molecular formula is C30H34Cl2N2O2. The lowest BCUT2D eigenvalue weighted by atomic mass is 10.0. The Bertz CT molecular complexity index is 1150. The first-order valence-corrected chi connectivity index (χ1v) is 13.2. The highest BCUT2D eigenvalue weighted by atomic mass is 35.5. The first-order chi connectivity index (χ1) is 17.3. The van der Waals surface area contributed by atoms with Gasteiger partial charge in [-0.05, 0) is 55.5 Å². The van der Waals surface area contributed by atoms with Crippen LogP contribution in [0.25, 0.3) is 0 Å². The minimum atomic E-state index is -0.665. The summed E-state index contributed by atoms with van der Waals surface area (Å²) in [6.45, 7) is 6.30. The first kappa shape index (κ1) is 27.8. The highest BCUT2D eigenvalue weighted by molar-refractivity contribution is 6.42. The Hall–Kier alpha value is -2.82. The van der Waals surface area contributed by atoms with Gasteiger partial charge in [-0.15, -0.1) is 0 Å². The van der Waals surface area contributed by atoms with Crippen LogP contribution >= 0.6 is 23.2 Å². The molecule has 0 spiro atoms. The number of benzene rings is 3. The van der Waals surface area contributed by atoms with Crippen molar-refractivity contribution in [1.82, 2.24) is 10.2 Å². The molecule has 0 aromatic heterocycles. The molecule has 4 nitrogen and oxygen atoms in total. The molecule has 3 rings (SSSR count). The molecule has 0 saturated heterocycles. The Labute approximate surface area is 224 Å². The Balaban J connectivity index is 1.92. The quantitative estimate of drug-likeness (QED) is 0.300. The summed E-state index contributed by atoms with van der Waals surface area (Å²) in [6.07, 6.45) is 2.12. The molecule has 1 N–H and O–H groups in total. The maximum absolute atomic E-state index is 13.7. The zero-order valence-electron chi connectivity index (χ0n) is 21.1. The largest absolute Gasteiger partial charge is 0.352 e. The number of hydrogen-bond donors (Lipinski definition) is 1. The number of rotatable bonds is 11. The molecule has 0 aliphatic carbocycles. The molecule has 190 valence electrons. The van der Waals surface area contributed by atoms with E-state index in [-0.39, 0.29) is 24.4 Å². The van der Waals surface area contributed by atoms with E-state index in [1.54, 1.807) is 17.0 Å². The van der Waals surface area contributed by atoms with Gasteiger partial charge in [0.2, 0.25) is 11.8 Å². The summed E-state index contributed by atoms with van der Waals surface area (Å²) < 4.78 is 0. The topological polar surface area (TPSA) is 49.4 Å². The molecule has 3 aromatic carbocycles. The fourth-order valence-corrected chi connectivity index (χ4v) is 4.30. The van der Waals surface area contributed by atoms with Gasteiger partial charge in [0.1, 0.15) is 6.04 Å². The standard InChI is InChI=1S/C30H34Cl2N2O2/c1-4-22(3)33-30(36)28(19-24-8-6-5-7-9-24)34(20-25-14-16-26(31)27(32)18-25)29(35)17-15-23-12-10-21(2)11-13-23/h5-14,16,18,22,28H,4,15,17,19-20H2,1-3H3,(H,33,36)/t22-,28+/m1/s1. The summed E-state index contributed by atoms with van der Waals surface area (Å²) in [4.78, 5) is 28.9. The Morgan fingerprint density at radius 1 is 0.889 bits per heavy atom. The molecule has 6 heteroatoms. The van der Waals surface area contributed by atoms with Crippen LogP contribution in [0.1, 0.15) is 48.9 Å². The lowest BCUT2D eigenvalue weighted by Crippen LogP contribution is -2.52. The number of halogens is 2. The van der Waals surface area contributed by atoms with Crippen LogP contribution in [0.15, 0.2) is 72.8 Å². The van der Waals surface area contributed by atoms with Crippen LogP contribution in [0.4, 0.5) is 0 Å². The summed E-state index contributed by atoms with van der Waals surface area (Å²) >= 11 is 12.4. The predicted octanol–water partition coefficient (Wildman–Crippen LogP) is 6.79. The van der Waals surface area contributed by atoms with Gasteiger partial charge in [-0.1, -0.05) is 96.4 Å². The van der Waals surface area contributed by atoms with Crippen molar-refractivity contribution in [2.24, 2.45) is 0 Å². The van der Waals surface area contributed by atoms with Crippen molar-refractivity contribution in [3.63, 3.8) is 0 Å². The van der Waals surface area contributed by atoms with Gasteiger partial charge in [-0.25, -0.2) is 0 Å². The van der Waals surface area contributed by atoms with Crippen molar-refractivity contribution in [3.05, 3.63) is 105 Å². The SMILES string of the molecule is CC[C@@H](C)NC(=O)[C@H](Cc1ccccc1)N(Cc1ccc(Cl)c(Cl)c1)C(=O)CCc1ccc(C)cc1. The van der Waals surface area contributed by atoms with Crippen molar-refractivity contribution >= 4 is 35.0 Å². The van der Waals surface area contributed by atoms with Crippen LogP contribution in [0, 0.1) is 6.92 Å². The number of aryl methyl sites for hydroxylation is 2. The fraction of sp³-hybridized carbons (Fsp3) is 0.333. The molecule has 0 fully saturated rings. The van der Waals surface area contributed by atoms with E-state index in [2.05, 4.69) is 5.32 Å². The highest BCUT2D eigenvalue weighted by Crippen LogP contribution is 2.25. The second-order valence-corrected chi connectivity index (χ2v) is 10.1. The smallest absolute Gasteiger partial charge is 0.243 e. The van der Waals surface area contributed by atoms with E-state index >= 15 is 0 Å². The Morgan fingerprint density at radius 2 is 1.56 bits per heavy atom. The van der Waals surface area contributed by atoms with E-state index in [1.165, 1.54) is 5.56 Å². The van der Waals surface area contributed by atoms with E-state index < -0.39 is 6.04 Å². The van der Waals surface area contributed by atoms with Gasteiger partial charge in [0.15, 0.2) is 0 Å². The van der Waals surface area contributed by atoms with E-state index in [0.717, 1.165) is 23.1 Å². The lowest BCUT2D eigenvalue weighted by molar-refractivity contribution is -0.141. The molecule has 2 amide bonds. The second-order valence-electron chi connectivity index (χ2n) is 9.28. The number of carbonyl (C=O) groups is 2. The van der Waals surface area contributed by atoms with Crippen molar-refractivity contribution in [3.8, 4) is 0 Å². The van der Waals surface area contributed by atoms with Crippen LogP contribution in [0.2, 0.25) is 10.0 Å². The minimum absolute atomic E-state index is 0.00487. The first-order valence-electron chi connectivity index (χ1n) is 12.4. The average molecular weight is 526 g/mol. The summed E-state index contributed by atoms with van der Waals surface area (Å²) in [5, 5.41) is 3.96. The maximum atomic E-state index is 13.7. The zero-order valence-corrected chi connectivity index (χ0v) is 22.6. The summed E-state index contributed by atoms with van der Waals surface area (Å²) in [5.41, 5.74) is 4.08. The molecule has 2 atom stereocenters. The molecule has 0 aliphatic heterocycles. The number of carbonyl (C=O) groups excluding carboxylic acids is 2. The zero-order chi connectivity index (χ0) is 26.1. The Kier molecular flexibility index (Phi) is 10.4. The average Bonchev–Trinajstić information content (AvgIpc) is 2.88. The van der Waals surface area contributed by atoms with Crippen molar-refractivity contribution in [1.29, 1.82) is 0 Å². The second kappa shape index (κ2) is 13.5. The highest BCUT2D eigenvalue weighted by Gasteiger charge is 2.30. The van der Waals surface area contributed by atoms with Crippen molar-refractivity contribution in [2.75, 3.05) is 0 Å². The normalized spacial score (nSPS) is 12.6. The molecule has 3 aromatic rings. The number of amides is 2. The van der Waals surface area contributed by atoms with Crippen LogP contribution in [-0.4, -0.2) is 28.8 Å². The van der Waals surface area contributed by atoms with Crippen LogP contribution in [0.5, 0.6) is 0 Å². The molecule has 36 heavy (non-hydrogen) atoms. The predicted molar refractivity (Wildman–Crippen MR) is 148 cm³/mol. The van der Waals surface area contributed by atoms with Gasteiger partial charge in [-0.2, -0.15) is 0 Å². The van der Waals surface area contributed by atoms with Gasteiger partial charge < -0.3 is 10.2 Å². The lowest BCUT2D eigenvalue weighted by Gasteiger charge is -2.32. The third-order valence-electron chi connectivity index (χ3n) is 6.36. The van der Waals surface area contributed by atoms with Gasteiger partial charge >= 0.3 is 0 Å². The molecular weight excluding hydrogens is 491 g/mol. The van der Waals surface area contributed by atoms with Crippen LogP contribution in [-0.2, 0) is 29.0 Å². The Morgan fingerprint density at radius 3 is 2.19 bits per heavy atom. The van der Waals surface area contributed by atoms with Crippen molar-refractivity contribution in [2.45, 2.75) is 65.1 Å². The number of nitrogens with zero attached hydrogens (tertiary/aromatic N) is 1. The molecule has 0 heterocycles. The third-order valence-corrected chi connectivity index (χ3v) is 7.10. The molecule has 0 saturated carbocycles. The summed E-state index contributed by atoms with van der Waals surface area (Å²) in [5.74, 6) is -0.237. The monoisotopic (exact) mass is 524 g/mol.